The monoisotopic (exact) mass is 571 g/mol. The van der Waals surface area contributed by atoms with Gasteiger partial charge in [0, 0.05) is 18.4 Å². The SMILES string of the molecule is N#Cc1ccc(CN=Nc2nc(NCc3ccc(Cl)nc3)nc(Nc3ccc(OC(F)(F)C(F)F)cc3)n2)cc1. The van der Waals surface area contributed by atoms with Crippen LogP contribution in [-0.2, 0) is 13.1 Å². The number of nitrogens with one attached hydrogen (secondary N) is 2. The quantitative estimate of drug-likeness (QED) is 0.116. The summed E-state index contributed by atoms with van der Waals surface area (Å²) in [6, 6.07) is 17.1. The summed E-state index contributed by atoms with van der Waals surface area (Å²) in [6.45, 7) is 0.490. The number of aromatic nitrogens is 4. The maximum atomic E-state index is 13.2. The van der Waals surface area contributed by atoms with Gasteiger partial charge in [0.2, 0.25) is 11.9 Å². The molecule has 204 valence electrons. The van der Waals surface area contributed by atoms with Crippen molar-refractivity contribution >= 4 is 35.1 Å². The number of ether oxygens (including phenoxy) is 1. The van der Waals surface area contributed by atoms with E-state index in [1.54, 1.807) is 42.6 Å². The van der Waals surface area contributed by atoms with Crippen molar-refractivity contribution in [3.63, 3.8) is 0 Å². The number of anilines is 3. The lowest BCUT2D eigenvalue weighted by Gasteiger charge is -2.17. The number of azo groups is 1. The summed E-state index contributed by atoms with van der Waals surface area (Å²) < 4.78 is 55.2. The highest BCUT2D eigenvalue weighted by molar-refractivity contribution is 6.29. The number of nitrogens with zero attached hydrogens (tertiary/aromatic N) is 7. The van der Waals surface area contributed by atoms with Crippen molar-refractivity contribution in [2.45, 2.75) is 25.6 Å². The van der Waals surface area contributed by atoms with Crippen LogP contribution >= 0.6 is 11.6 Å². The first kappa shape index (κ1) is 28.1. The van der Waals surface area contributed by atoms with E-state index in [4.69, 9.17) is 16.9 Å². The number of benzene rings is 2. The van der Waals surface area contributed by atoms with Gasteiger partial charge in [-0.25, -0.2) is 4.98 Å². The van der Waals surface area contributed by atoms with Crippen LogP contribution in [0.2, 0.25) is 5.15 Å². The minimum absolute atomic E-state index is 0.0330. The molecular formula is C25H18ClF4N9O. The predicted octanol–water partition coefficient (Wildman–Crippen LogP) is 6.67. The molecule has 0 unspecified atom stereocenters. The van der Waals surface area contributed by atoms with Gasteiger partial charge >= 0.3 is 12.5 Å². The average Bonchev–Trinajstić information content (AvgIpc) is 2.94. The summed E-state index contributed by atoms with van der Waals surface area (Å²) in [5.74, 6) is -0.330. The molecule has 0 spiro atoms. The van der Waals surface area contributed by atoms with Crippen LogP contribution in [0.1, 0.15) is 16.7 Å². The van der Waals surface area contributed by atoms with Gasteiger partial charge in [0.25, 0.3) is 5.95 Å². The largest absolute Gasteiger partial charge is 0.461 e. The standard InChI is InChI=1S/C25H18ClF4N9O/c26-20-10-5-17(12-32-20)13-33-22-36-23(35-18-6-8-19(9-7-18)40-25(29,30)21(27)28)38-24(37-22)39-34-14-16-3-1-15(11-31)2-4-16/h1-10,12,21H,13-14H2,(H2,33,35,36,37,38). The molecule has 0 atom stereocenters. The lowest BCUT2D eigenvalue weighted by atomic mass is 10.1. The smallest absolute Gasteiger partial charge is 0.428 e. The number of rotatable bonds is 11. The van der Waals surface area contributed by atoms with Gasteiger partial charge in [-0.1, -0.05) is 29.8 Å². The zero-order valence-corrected chi connectivity index (χ0v) is 21.0. The molecule has 10 nitrogen and oxygen atoms in total. The second-order valence-electron chi connectivity index (χ2n) is 7.95. The summed E-state index contributed by atoms with van der Waals surface area (Å²) in [5.41, 5.74) is 2.46. The fourth-order valence-corrected chi connectivity index (χ4v) is 3.15. The van der Waals surface area contributed by atoms with Crippen molar-refractivity contribution in [1.82, 2.24) is 19.9 Å². The van der Waals surface area contributed by atoms with Crippen LogP contribution in [-0.4, -0.2) is 32.5 Å². The molecule has 0 amide bonds. The Kier molecular flexibility index (Phi) is 8.97. The van der Waals surface area contributed by atoms with Crippen LogP contribution in [0.15, 0.2) is 77.1 Å². The van der Waals surface area contributed by atoms with Gasteiger partial charge in [-0.15, -0.1) is 5.11 Å². The van der Waals surface area contributed by atoms with E-state index >= 15 is 0 Å². The lowest BCUT2D eigenvalue weighted by Crippen LogP contribution is -2.33. The van der Waals surface area contributed by atoms with Crippen molar-refractivity contribution in [2.75, 3.05) is 10.6 Å². The highest BCUT2D eigenvalue weighted by Gasteiger charge is 2.43. The van der Waals surface area contributed by atoms with Crippen molar-refractivity contribution in [1.29, 1.82) is 5.26 Å². The van der Waals surface area contributed by atoms with Crippen LogP contribution in [0.4, 0.5) is 41.1 Å². The normalized spacial score (nSPS) is 11.4. The summed E-state index contributed by atoms with van der Waals surface area (Å²) in [6.07, 6.45) is -7.02. The van der Waals surface area contributed by atoms with Crippen LogP contribution in [0, 0.1) is 11.3 Å². The fraction of sp³-hybridized carbons (Fsp3) is 0.160. The van der Waals surface area contributed by atoms with Crippen LogP contribution in [0.3, 0.4) is 0 Å². The van der Waals surface area contributed by atoms with E-state index in [9.17, 15) is 17.6 Å². The Morgan fingerprint density at radius 3 is 2.30 bits per heavy atom. The number of hydrogen-bond acceptors (Lipinski definition) is 10. The third-order valence-electron chi connectivity index (χ3n) is 4.98. The van der Waals surface area contributed by atoms with Crippen molar-refractivity contribution in [3.05, 3.63) is 88.7 Å². The van der Waals surface area contributed by atoms with Gasteiger partial charge < -0.3 is 15.4 Å². The first-order valence-corrected chi connectivity index (χ1v) is 11.8. The molecule has 0 aliphatic carbocycles. The van der Waals surface area contributed by atoms with Gasteiger partial charge in [0.05, 0.1) is 18.2 Å². The lowest BCUT2D eigenvalue weighted by molar-refractivity contribution is -0.253. The van der Waals surface area contributed by atoms with Crippen LogP contribution in [0.5, 0.6) is 5.75 Å². The molecule has 0 bridgehead atoms. The molecule has 0 fully saturated rings. The zero-order chi connectivity index (χ0) is 28.5. The zero-order valence-electron chi connectivity index (χ0n) is 20.3. The van der Waals surface area contributed by atoms with Crippen molar-refractivity contribution in [3.8, 4) is 11.8 Å². The number of halogens is 5. The van der Waals surface area contributed by atoms with Crippen LogP contribution in [0.25, 0.3) is 0 Å². The molecule has 4 rings (SSSR count). The molecular weight excluding hydrogens is 554 g/mol. The van der Waals surface area contributed by atoms with Gasteiger partial charge in [-0.05, 0) is 53.6 Å². The highest BCUT2D eigenvalue weighted by atomic mass is 35.5. The van der Waals surface area contributed by atoms with E-state index in [-0.39, 0.29) is 24.4 Å². The summed E-state index contributed by atoms with van der Waals surface area (Å²) >= 11 is 5.82. The minimum Gasteiger partial charge on any atom is -0.428 e. The molecule has 2 heterocycles. The second kappa shape index (κ2) is 12.8. The number of pyridine rings is 1. The number of hydrogen-bond donors (Lipinski definition) is 2. The maximum Gasteiger partial charge on any atom is 0.461 e. The number of nitriles is 1. The Morgan fingerprint density at radius 2 is 1.65 bits per heavy atom. The Labute approximate surface area is 229 Å². The summed E-state index contributed by atoms with van der Waals surface area (Å²) in [5, 5.41) is 23.3. The molecule has 0 saturated heterocycles. The Hall–Kier alpha value is -4.90. The molecule has 15 heteroatoms. The third-order valence-corrected chi connectivity index (χ3v) is 5.20. The first-order valence-electron chi connectivity index (χ1n) is 11.4. The van der Waals surface area contributed by atoms with Gasteiger partial charge in [-0.3, -0.25) is 0 Å². The second-order valence-corrected chi connectivity index (χ2v) is 8.33. The van der Waals surface area contributed by atoms with E-state index < -0.39 is 18.3 Å². The topological polar surface area (TPSA) is 133 Å². The molecule has 0 saturated carbocycles. The molecule has 2 aromatic heterocycles. The molecule has 2 N–H and O–H groups in total. The Balaban J connectivity index is 1.51. The van der Waals surface area contributed by atoms with E-state index in [1.807, 2.05) is 6.07 Å². The number of alkyl halides is 4. The maximum absolute atomic E-state index is 13.2. The fourth-order valence-electron chi connectivity index (χ4n) is 3.04. The Morgan fingerprint density at radius 1 is 0.950 bits per heavy atom. The summed E-state index contributed by atoms with van der Waals surface area (Å²) in [4.78, 5) is 16.7. The molecule has 2 aromatic carbocycles. The van der Waals surface area contributed by atoms with Crippen LogP contribution < -0.4 is 15.4 Å². The molecule has 0 aliphatic rings. The first-order chi connectivity index (χ1) is 19.2. The van der Waals surface area contributed by atoms with E-state index in [0.717, 1.165) is 23.3 Å². The van der Waals surface area contributed by atoms with Crippen molar-refractivity contribution < 1.29 is 22.3 Å². The minimum atomic E-state index is -4.62. The molecule has 0 aliphatic heterocycles. The van der Waals surface area contributed by atoms with Gasteiger partial charge in [-0.2, -0.15) is 42.9 Å². The van der Waals surface area contributed by atoms with E-state index in [2.05, 4.69) is 45.5 Å². The molecule has 4 aromatic rings. The van der Waals surface area contributed by atoms with Gasteiger partial charge in [0.15, 0.2) is 0 Å². The third kappa shape index (κ3) is 8.05. The van der Waals surface area contributed by atoms with E-state index in [1.165, 1.54) is 12.1 Å². The van der Waals surface area contributed by atoms with Crippen molar-refractivity contribution in [2.24, 2.45) is 10.2 Å². The van der Waals surface area contributed by atoms with Gasteiger partial charge in [0.1, 0.15) is 10.9 Å². The molecule has 0 radical (unpaired) electrons. The van der Waals surface area contributed by atoms with E-state index in [0.29, 0.717) is 22.9 Å². The highest BCUT2D eigenvalue weighted by Crippen LogP contribution is 2.28. The average molecular weight is 572 g/mol. The molecule has 40 heavy (non-hydrogen) atoms. The Bertz CT molecular complexity index is 1500. The summed E-state index contributed by atoms with van der Waals surface area (Å²) in [7, 11) is 0. The predicted molar refractivity (Wildman–Crippen MR) is 137 cm³/mol.